The molecule has 0 fully saturated rings. The fourth-order valence-electron chi connectivity index (χ4n) is 5.14. The topological polar surface area (TPSA) is 37.4 Å². The molecule has 0 aliphatic carbocycles. The van der Waals surface area contributed by atoms with Crippen molar-refractivity contribution in [2.45, 2.75) is 90.5 Å². The van der Waals surface area contributed by atoms with Gasteiger partial charge in [0.15, 0.2) is 0 Å². The molecule has 2 rings (SSSR count). The van der Waals surface area contributed by atoms with E-state index in [1.165, 1.54) is 51.8 Å². The summed E-state index contributed by atoms with van der Waals surface area (Å²) in [5.74, 6) is 0.262. The Morgan fingerprint density at radius 2 is 1.18 bits per heavy atom. The Labute approximate surface area is 176 Å². The van der Waals surface area contributed by atoms with Gasteiger partial charge in [0, 0.05) is 0 Å². The predicted molar refractivity (Wildman–Crippen MR) is 120 cm³/mol. The molecule has 1 heterocycles. The molecule has 1 aliphatic heterocycles. The van der Waals surface area contributed by atoms with Crippen molar-refractivity contribution < 1.29 is 9.59 Å². The third-order valence-electron chi connectivity index (χ3n) is 6.45. The second-order valence-electron chi connectivity index (χ2n) is 8.89. The first-order chi connectivity index (χ1) is 13.4. The molecule has 1 aliphatic rings. The van der Waals surface area contributed by atoms with Crippen LogP contribution in [0.1, 0.15) is 93.9 Å². The number of benzene rings is 1. The summed E-state index contributed by atoms with van der Waals surface area (Å²) in [6, 6.07) is 7.40. The summed E-state index contributed by atoms with van der Waals surface area (Å²) >= 11 is -2.81. The van der Waals surface area contributed by atoms with E-state index >= 15 is 0 Å². The summed E-state index contributed by atoms with van der Waals surface area (Å²) in [7, 11) is 0. The van der Waals surface area contributed by atoms with Gasteiger partial charge in [0.2, 0.25) is 0 Å². The zero-order valence-electron chi connectivity index (χ0n) is 18.6. The number of rotatable bonds is 12. The maximum atomic E-state index is 13.4. The Hall–Kier alpha value is -0.841. The average molecular weight is 492 g/mol. The van der Waals surface area contributed by atoms with Crippen LogP contribution in [-0.4, -0.2) is 39.1 Å². The molecular weight excluding hydrogens is 453 g/mol. The van der Waals surface area contributed by atoms with Crippen LogP contribution < -0.4 is 0 Å². The molecule has 1 aromatic carbocycles. The SMILES string of the molecule is CCC[CH2][Sn]([CH2]CCC)([CH2]CCC)[CH](C(C)C)N1C(=O)c2ccccc2C1=O. The molecule has 2 amide bonds. The number of hydrogen-bond donors (Lipinski definition) is 0. The third-order valence-corrected chi connectivity index (χ3v) is 24.2. The van der Waals surface area contributed by atoms with Crippen LogP contribution in [0, 0.1) is 5.92 Å². The molecule has 3 nitrogen and oxygen atoms in total. The molecular formula is C24H39NO2Sn. The normalized spacial score (nSPS) is 15.4. The number of hydrogen-bond acceptors (Lipinski definition) is 2. The molecule has 0 spiro atoms. The first-order valence-corrected chi connectivity index (χ1v) is 19.1. The van der Waals surface area contributed by atoms with Crippen molar-refractivity contribution in [1.29, 1.82) is 0 Å². The van der Waals surface area contributed by atoms with E-state index in [1.807, 2.05) is 24.3 Å². The van der Waals surface area contributed by atoms with Crippen LogP contribution in [0.3, 0.4) is 0 Å². The third kappa shape index (κ3) is 4.83. The van der Waals surface area contributed by atoms with Gasteiger partial charge >= 0.3 is 177 Å². The minimum atomic E-state index is -2.81. The van der Waals surface area contributed by atoms with Gasteiger partial charge in [0.25, 0.3) is 0 Å². The standard InChI is InChI=1S/C12H12NO2.3C4H9.Sn/c1-8(2)7-13-11(14)9-5-3-4-6-10(9)12(13)15;3*1-3-4-2;/h3-8H,1-2H3;3*1,3-4H2,2H3;. The molecule has 156 valence electrons. The van der Waals surface area contributed by atoms with Crippen molar-refractivity contribution in [1.82, 2.24) is 4.90 Å². The van der Waals surface area contributed by atoms with Crippen LogP contribution >= 0.6 is 0 Å². The number of carbonyl (C=O) groups excluding carboxylic acids is 2. The second-order valence-corrected chi connectivity index (χ2v) is 22.6. The number of carbonyl (C=O) groups is 2. The van der Waals surface area contributed by atoms with Crippen molar-refractivity contribution in [3.05, 3.63) is 35.4 Å². The predicted octanol–water partition coefficient (Wildman–Crippen LogP) is 6.70. The summed E-state index contributed by atoms with van der Waals surface area (Å²) in [4.78, 5) is 28.5. The molecule has 28 heavy (non-hydrogen) atoms. The maximum absolute atomic E-state index is 13.4. The van der Waals surface area contributed by atoms with Crippen molar-refractivity contribution in [2.24, 2.45) is 5.92 Å². The van der Waals surface area contributed by atoms with E-state index in [9.17, 15) is 9.59 Å². The molecule has 0 saturated carbocycles. The number of amides is 2. The Balaban J connectivity index is 2.51. The van der Waals surface area contributed by atoms with Gasteiger partial charge in [-0.15, -0.1) is 0 Å². The first kappa shape index (κ1) is 23.4. The van der Waals surface area contributed by atoms with Crippen molar-refractivity contribution in [2.75, 3.05) is 0 Å². The zero-order chi connectivity index (χ0) is 20.7. The average Bonchev–Trinajstić information content (AvgIpc) is 2.94. The van der Waals surface area contributed by atoms with Gasteiger partial charge < -0.3 is 0 Å². The van der Waals surface area contributed by atoms with Crippen molar-refractivity contribution in [3.8, 4) is 0 Å². The summed E-state index contributed by atoms with van der Waals surface area (Å²) in [5, 5.41) is 0. The molecule has 0 aromatic heterocycles. The van der Waals surface area contributed by atoms with E-state index in [1.54, 1.807) is 4.90 Å². The zero-order valence-corrected chi connectivity index (χ0v) is 21.4. The van der Waals surface area contributed by atoms with E-state index < -0.39 is 18.4 Å². The molecule has 1 unspecified atom stereocenters. The van der Waals surface area contributed by atoms with E-state index in [0.717, 1.165) is 0 Å². The van der Waals surface area contributed by atoms with Gasteiger partial charge in [0.05, 0.1) is 0 Å². The Morgan fingerprint density at radius 1 is 0.786 bits per heavy atom. The van der Waals surface area contributed by atoms with Crippen LogP contribution in [-0.2, 0) is 0 Å². The minimum absolute atomic E-state index is 0.0372. The van der Waals surface area contributed by atoms with Crippen LogP contribution in [0.5, 0.6) is 0 Å². The van der Waals surface area contributed by atoms with Crippen molar-refractivity contribution >= 4 is 30.2 Å². The molecule has 1 atom stereocenters. The van der Waals surface area contributed by atoms with Gasteiger partial charge in [-0.2, -0.15) is 0 Å². The van der Waals surface area contributed by atoms with Gasteiger partial charge in [-0.25, -0.2) is 0 Å². The van der Waals surface area contributed by atoms with E-state index in [4.69, 9.17) is 0 Å². The van der Waals surface area contributed by atoms with Crippen LogP contribution in [0.4, 0.5) is 0 Å². The molecule has 4 heteroatoms. The van der Waals surface area contributed by atoms with Crippen LogP contribution in [0.25, 0.3) is 0 Å². The molecule has 0 bridgehead atoms. The van der Waals surface area contributed by atoms with Gasteiger partial charge in [-0.1, -0.05) is 0 Å². The molecule has 0 N–H and O–H groups in total. The second kappa shape index (κ2) is 10.8. The quantitative estimate of drug-likeness (QED) is 0.241. The van der Waals surface area contributed by atoms with Gasteiger partial charge in [-0.05, 0) is 0 Å². The fraction of sp³-hybridized carbons (Fsp3) is 0.667. The van der Waals surface area contributed by atoms with Crippen LogP contribution in [0.15, 0.2) is 24.3 Å². The molecule has 0 saturated heterocycles. The van der Waals surface area contributed by atoms with E-state index in [-0.39, 0.29) is 15.9 Å². The molecule has 0 radical (unpaired) electrons. The van der Waals surface area contributed by atoms with Gasteiger partial charge in [-0.3, -0.25) is 0 Å². The number of fused-ring (bicyclic) bond motifs is 1. The summed E-state index contributed by atoms with van der Waals surface area (Å²) in [6.07, 6.45) is 7.33. The molecule has 1 aromatic rings. The Bertz CT molecular complexity index is 614. The first-order valence-electron chi connectivity index (χ1n) is 11.4. The number of unbranched alkanes of at least 4 members (excludes halogenated alkanes) is 3. The number of nitrogens with zero attached hydrogens (tertiary/aromatic N) is 1. The summed E-state index contributed by atoms with van der Waals surface area (Å²) in [5.41, 5.74) is 1.22. The Morgan fingerprint density at radius 3 is 1.50 bits per heavy atom. The summed E-state index contributed by atoms with van der Waals surface area (Å²) in [6.45, 7) is 11.3. The monoisotopic (exact) mass is 493 g/mol. The van der Waals surface area contributed by atoms with E-state index in [2.05, 4.69) is 34.6 Å². The van der Waals surface area contributed by atoms with Crippen molar-refractivity contribution in [3.63, 3.8) is 0 Å². The Kier molecular flexibility index (Phi) is 9.04. The number of imide groups is 1. The van der Waals surface area contributed by atoms with Gasteiger partial charge in [0.1, 0.15) is 0 Å². The van der Waals surface area contributed by atoms with Crippen LogP contribution in [0.2, 0.25) is 13.3 Å². The summed E-state index contributed by atoms with van der Waals surface area (Å²) < 4.78 is 4.09. The fourth-order valence-corrected chi connectivity index (χ4v) is 25.1. The van der Waals surface area contributed by atoms with E-state index in [0.29, 0.717) is 17.0 Å².